The molecule has 1 fully saturated rings. The largest absolute Gasteiger partial charge is 0.383 e. The number of nitrogens with one attached hydrogen (secondary N) is 1. The fourth-order valence-electron chi connectivity index (χ4n) is 2.94. The molecule has 0 amide bonds. The van der Waals surface area contributed by atoms with Crippen molar-refractivity contribution in [2.45, 2.75) is 46.6 Å². The number of rotatable bonds is 8. The molecule has 3 nitrogen and oxygen atoms in total. The molecule has 3 heteroatoms. The average Bonchev–Trinajstić information content (AvgIpc) is 2.63. The van der Waals surface area contributed by atoms with Crippen molar-refractivity contribution < 1.29 is 4.74 Å². The van der Waals surface area contributed by atoms with Gasteiger partial charge in [-0.25, -0.2) is 0 Å². The minimum Gasteiger partial charge on any atom is -0.383 e. The standard InChI is InChI=1S/C14H30N2O/c1-13(2)12(14(13,3)4)9-16-11(10-17-5)7-6-8-15/h11-12,16H,6-10,15H2,1-5H3. The maximum Gasteiger partial charge on any atom is 0.0615 e. The first-order valence-electron chi connectivity index (χ1n) is 6.80. The van der Waals surface area contributed by atoms with E-state index in [1.165, 1.54) is 0 Å². The smallest absolute Gasteiger partial charge is 0.0615 e. The van der Waals surface area contributed by atoms with Crippen molar-refractivity contribution in [3.8, 4) is 0 Å². The Kier molecular flexibility index (Phi) is 4.99. The maximum absolute atomic E-state index is 5.56. The van der Waals surface area contributed by atoms with Crippen molar-refractivity contribution >= 4 is 0 Å². The van der Waals surface area contributed by atoms with E-state index in [-0.39, 0.29) is 0 Å². The summed E-state index contributed by atoms with van der Waals surface area (Å²) in [5.74, 6) is 0.771. The molecule has 0 heterocycles. The van der Waals surface area contributed by atoms with Crippen molar-refractivity contribution in [2.24, 2.45) is 22.5 Å². The highest BCUT2D eigenvalue weighted by molar-refractivity contribution is 5.12. The molecule has 0 spiro atoms. The van der Waals surface area contributed by atoms with E-state index in [1.807, 2.05) is 0 Å². The lowest BCUT2D eigenvalue weighted by Crippen LogP contribution is -2.36. The Balaban J connectivity index is 2.33. The summed E-state index contributed by atoms with van der Waals surface area (Å²) in [5, 5.41) is 3.65. The van der Waals surface area contributed by atoms with E-state index in [0.717, 1.165) is 38.5 Å². The Bertz CT molecular complexity index is 224. The Morgan fingerprint density at radius 2 is 1.82 bits per heavy atom. The molecule has 1 saturated carbocycles. The quantitative estimate of drug-likeness (QED) is 0.684. The monoisotopic (exact) mass is 242 g/mol. The highest BCUT2D eigenvalue weighted by Gasteiger charge is 2.63. The molecular weight excluding hydrogens is 212 g/mol. The van der Waals surface area contributed by atoms with Gasteiger partial charge < -0.3 is 15.8 Å². The van der Waals surface area contributed by atoms with Crippen molar-refractivity contribution in [1.82, 2.24) is 5.32 Å². The highest BCUT2D eigenvalue weighted by atomic mass is 16.5. The Morgan fingerprint density at radius 3 is 2.24 bits per heavy atom. The van der Waals surface area contributed by atoms with E-state index in [4.69, 9.17) is 10.5 Å². The van der Waals surface area contributed by atoms with E-state index in [0.29, 0.717) is 16.9 Å². The lowest BCUT2D eigenvalue weighted by Gasteiger charge is -2.18. The first-order valence-corrected chi connectivity index (χ1v) is 6.80. The molecule has 17 heavy (non-hydrogen) atoms. The number of hydrogen-bond acceptors (Lipinski definition) is 3. The van der Waals surface area contributed by atoms with Gasteiger partial charge in [0.05, 0.1) is 6.61 Å². The van der Waals surface area contributed by atoms with Crippen molar-refractivity contribution in [2.75, 3.05) is 26.8 Å². The van der Waals surface area contributed by atoms with Gasteiger partial charge in [0, 0.05) is 13.2 Å². The first-order chi connectivity index (χ1) is 7.87. The molecule has 0 aromatic rings. The third-order valence-corrected chi connectivity index (χ3v) is 5.05. The van der Waals surface area contributed by atoms with E-state index in [1.54, 1.807) is 7.11 Å². The number of ether oxygens (including phenoxy) is 1. The minimum absolute atomic E-state index is 0.454. The Labute approximate surface area is 106 Å². The molecule has 0 aromatic heterocycles. The van der Waals surface area contributed by atoms with Gasteiger partial charge in [0.15, 0.2) is 0 Å². The summed E-state index contributed by atoms with van der Waals surface area (Å²) in [4.78, 5) is 0. The Morgan fingerprint density at radius 1 is 1.24 bits per heavy atom. The summed E-state index contributed by atoms with van der Waals surface area (Å²) < 4.78 is 5.25. The van der Waals surface area contributed by atoms with Gasteiger partial charge in [-0.2, -0.15) is 0 Å². The molecule has 0 saturated heterocycles. The second-order valence-corrected chi connectivity index (χ2v) is 6.49. The molecular formula is C14H30N2O. The van der Waals surface area contributed by atoms with Gasteiger partial charge in [0.1, 0.15) is 0 Å². The van der Waals surface area contributed by atoms with E-state index in [9.17, 15) is 0 Å². The fourth-order valence-corrected chi connectivity index (χ4v) is 2.94. The number of hydrogen-bond donors (Lipinski definition) is 2. The molecule has 1 unspecified atom stereocenters. The lowest BCUT2D eigenvalue weighted by atomic mass is 10.0. The van der Waals surface area contributed by atoms with Gasteiger partial charge in [0.25, 0.3) is 0 Å². The van der Waals surface area contributed by atoms with Crippen LogP contribution in [0.25, 0.3) is 0 Å². The van der Waals surface area contributed by atoms with Crippen molar-refractivity contribution in [3.05, 3.63) is 0 Å². The van der Waals surface area contributed by atoms with Crippen molar-refractivity contribution in [3.63, 3.8) is 0 Å². The molecule has 1 atom stereocenters. The van der Waals surface area contributed by atoms with Gasteiger partial charge in [-0.05, 0) is 42.7 Å². The minimum atomic E-state index is 0.454. The summed E-state index contributed by atoms with van der Waals surface area (Å²) in [7, 11) is 1.77. The molecule has 0 radical (unpaired) electrons. The first kappa shape index (κ1) is 14.9. The highest BCUT2D eigenvalue weighted by Crippen LogP contribution is 2.67. The summed E-state index contributed by atoms with van der Waals surface area (Å²) in [6.45, 7) is 12.1. The zero-order chi connectivity index (χ0) is 13.1. The molecule has 0 aliphatic heterocycles. The fraction of sp³-hybridized carbons (Fsp3) is 1.00. The van der Waals surface area contributed by atoms with Crippen LogP contribution >= 0.6 is 0 Å². The SMILES string of the molecule is COCC(CCCN)NCC1C(C)(C)C1(C)C. The number of nitrogens with two attached hydrogens (primary N) is 1. The molecule has 102 valence electrons. The Hall–Kier alpha value is -0.120. The normalized spacial score (nSPS) is 23.6. The molecule has 0 aromatic carbocycles. The molecule has 3 N–H and O–H groups in total. The summed E-state index contributed by atoms with van der Waals surface area (Å²) in [6, 6.07) is 0.454. The van der Waals surface area contributed by atoms with Crippen LogP contribution in [-0.2, 0) is 4.74 Å². The van der Waals surface area contributed by atoms with Gasteiger partial charge in [0.2, 0.25) is 0 Å². The van der Waals surface area contributed by atoms with Gasteiger partial charge in [-0.3, -0.25) is 0 Å². The third kappa shape index (κ3) is 3.21. The van der Waals surface area contributed by atoms with Crippen LogP contribution in [0.5, 0.6) is 0 Å². The van der Waals surface area contributed by atoms with Crippen LogP contribution in [0, 0.1) is 16.7 Å². The summed E-state index contributed by atoms with van der Waals surface area (Å²) in [6.07, 6.45) is 2.18. The topological polar surface area (TPSA) is 47.3 Å². The maximum atomic E-state index is 5.56. The zero-order valence-corrected chi connectivity index (χ0v) is 12.2. The predicted molar refractivity (Wildman–Crippen MR) is 73.0 cm³/mol. The van der Waals surface area contributed by atoms with Crippen LogP contribution in [0.15, 0.2) is 0 Å². The van der Waals surface area contributed by atoms with E-state index in [2.05, 4.69) is 33.0 Å². The third-order valence-electron chi connectivity index (χ3n) is 5.05. The van der Waals surface area contributed by atoms with Crippen LogP contribution in [0.4, 0.5) is 0 Å². The van der Waals surface area contributed by atoms with Gasteiger partial charge >= 0.3 is 0 Å². The lowest BCUT2D eigenvalue weighted by molar-refractivity contribution is 0.160. The molecule has 1 aliphatic rings. The van der Waals surface area contributed by atoms with Crippen LogP contribution < -0.4 is 11.1 Å². The van der Waals surface area contributed by atoms with Crippen LogP contribution in [0.2, 0.25) is 0 Å². The van der Waals surface area contributed by atoms with Crippen molar-refractivity contribution in [1.29, 1.82) is 0 Å². The van der Waals surface area contributed by atoms with Crippen LogP contribution in [0.1, 0.15) is 40.5 Å². The number of methoxy groups -OCH3 is 1. The molecule has 0 bridgehead atoms. The van der Waals surface area contributed by atoms with Gasteiger partial charge in [-0.1, -0.05) is 27.7 Å². The van der Waals surface area contributed by atoms with Crippen LogP contribution in [-0.4, -0.2) is 32.8 Å². The van der Waals surface area contributed by atoms with Gasteiger partial charge in [-0.15, -0.1) is 0 Å². The second-order valence-electron chi connectivity index (χ2n) is 6.49. The van der Waals surface area contributed by atoms with Crippen LogP contribution in [0.3, 0.4) is 0 Å². The summed E-state index contributed by atoms with van der Waals surface area (Å²) in [5.41, 5.74) is 6.49. The molecule has 1 rings (SSSR count). The van der Waals surface area contributed by atoms with E-state index < -0.39 is 0 Å². The average molecular weight is 242 g/mol. The van der Waals surface area contributed by atoms with E-state index >= 15 is 0 Å². The summed E-state index contributed by atoms with van der Waals surface area (Å²) >= 11 is 0. The zero-order valence-electron chi connectivity index (χ0n) is 12.2. The predicted octanol–water partition coefficient (Wildman–Crippen LogP) is 2.01. The second kappa shape index (κ2) is 5.68. The molecule has 1 aliphatic carbocycles.